The lowest BCUT2D eigenvalue weighted by Gasteiger charge is -2.18. The van der Waals surface area contributed by atoms with Crippen LogP contribution in [0.15, 0.2) is 34.1 Å². The average Bonchev–Trinajstić information content (AvgIpc) is 2.78. The van der Waals surface area contributed by atoms with Gasteiger partial charge in [0, 0.05) is 30.8 Å². The summed E-state index contributed by atoms with van der Waals surface area (Å²) in [5.74, 6) is 0. The molecule has 108 valence electrons. The minimum atomic E-state index is 0.379. The topological polar surface area (TPSA) is 12.0 Å². The Morgan fingerprint density at radius 2 is 2.05 bits per heavy atom. The summed E-state index contributed by atoms with van der Waals surface area (Å²) in [4.78, 5) is 1.37. The zero-order valence-corrected chi connectivity index (χ0v) is 15.0. The molecular weight excluding hydrogens is 377 g/mol. The maximum atomic E-state index is 6.26. The van der Waals surface area contributed by atoms with Crippen LogP contribution >= 0.6 is 50.5 Å². The van der Waals surface area contributed by atoms with Crippen molar-refractivity contribution in [2.75, 3.05) is 6.54 Å². The summed E-state index contributed by atoms with van der Waals surface area (Å²) in [6.07, 6.45) is 1.91. The fourth-order valence-corrected chi connectivity index (χ4v) is 4.18. The summed E-state index contributed by atoms with van der Waals surface area (Å²) in [7, 11) is 0. The molecule has 0 fully saturated rings. The number of rotatable bonds is 6. The Hall–Kier alpha value is -0.0600. The van der Waals surface area contributed by atoms with E-state index < -0.39 is 0 Å². The molecular formula is C15H16BrCl2NS. The molecule has 1 atom stereocenters. The third-order valence-corrected chi connectivity index (χ3v) is 5.35. The number of benzene rings is 1. The molecule has 0 aliphatic heterocycles. The third-order valence-electron chi connectivity index (χ3n) is 3.04. The highest BCUT2D eigenvalue weighted by molar-refractivity contribution is 9.10. The second-order valence-electron chi connectivity index (χ2n) is 4.63. The van der Waals surface area contributed by atoms with E-state index >= 15 is 0 Å². The van der Waals surface area contributed by atoms with Crippen LogP contribution in [0.1, 0.15) is 17.4 Å². The van der Waals surface area contributed by atoms with Gasteiger partial charge in [0.1, 0.15) is 0 Å². The predicted octanol–water partition coefficient (Wildman–Crippen LogP) is 5.58. The van der Waals surface area contributed by atoms with Gasteiger partial charge in [-0.25, -0.2) is 0 Å². The lowest BCUT2D eigenvalue weighted by molar-refractivity contribution is 0.524. The number of nitrogens with one attached hydrogen (secondary N) is 1. The molecule has 5 heteroatoms. The van der Waals surface area contributed by atoms with Gasteiger partial charge in [0.2, 0.25) is 0 Å². The van der Waals surface area contributed by atoms with Crippen molar-refractivity contribution in [2.45, 2.75) is 25.8 Å². The van der Waals surface area contributed by atoms with Crippen molar-refractivity contribution in [1.29, 1.82) is 0 Å². The van der Waals surface area contributed by atoms with E-state index in [1.807, 2.05) is 18.2 Å². The largest absolute Gasteiger partial charge is 0.314 e. The van der Waals surface area contributed by atoms with Crippen LogP contribution in [0, 0.1) is 0 Å². The third kappa shape index (κ3) is 4.74. The van der Waals surface area contributed by atoms with Crippen LogP contribution in [-0.4, -0.2) is 12.6 Å². The Labute approximate surface area is 142 Å². The molecule has 0 spiro atoms. The number of thiophene rings is 1. The van der Waals surface area contributed by atoms with E-state index in [1.165, 1.54) is 4.88 Å². The van der Waals surface area contributed by atoms with Gasteiger partial charge in [-0.05, 0) is 59.1 Å². The standard InChI is InChI=1S/C15H16BrCl2NS/c1-2-19-13(8-14-6-11(16)9-20-14)5-10-3-4-12(17)7-15(10)18/h3-4,6-7,9,13,19H,2,5,8H2,1H3. The van der Waals surface area contributed by atoms with E-state index in [4.69, 9.17) is 23.2 Å². The Kier molecular flexibility index (Phi) is 6.37. The molecule has 1 aromatic heterocycles. The van der Waals surface area contributed by atoms with Gasteiger partial charge in [-0.15, -0.1) is 11.3 Å². The number of halogens is 3. The van der Waals surface area contributed by atoms with Crippen LogP contribution in [-0.2, 0) is 12.8 Å². The van der Waals surface area contributed by atoms with Gasteiger partial charge in [-0.2, -0.15) is 0 Å². The molecule has 0 saturated carbocycles. The highest BCUT2D eigenvalue weighted by Crippen LogP contribution is 2.25. The molecule has 1 N–H and O–H groups in total. The zero-order valence-electron chi connectivity index (χ0n) is 11.1. The maximum absolute atomic E-state index is 6.26. The SMILES string of the molecule is CCNC(Cc1cc(Br)cs1)Cc1ccc(Cl)cc1Cl. The normalized spacial score (nSPS) is 12.6. The van der Waals surface area contributed by atoms with Crippen LogP contribution in [0.5, 0.6) is 0 Å². The van der Waals surface area contributed by atoms with Crippen LogP contribution in [0.4, 0.5) is 0 Å². The van der Waals surface area contributed by atoms with E-state index in [0.717, 1.165) is 34.4 Å². The average molecular weight is 393 g/mol. The van der Waals surface area contributed by atoms with E-state index in [-0.39, 0.29) is 0 Å². The zero-order chi connectivity index (χ0) is 14.5. The van der Waals surface area contributed by atoms with Crippen molar-refractivity contribution in [3.05, 3.63) is 54.6 Å². The fraction of sp³-hybridized carbons (Fsp3) is 0.333. The summed E-state index contributed by atoms with van der Waals surface area (Å²) in [6.45, 7) is 3.07. The predicted molar refractivity (Wildman–Crippen MR) is 93.4 cm³/mol. The summed E-state index contributed by atoms with van der Waals surface area (Å²) in [6, 6.07) is 8.28. The smallest absolute Gasteiger partial charge is 0.0453 e. The van der Waals surface area contributed by atoms with E-state index in [9.17, 15) is 0 Å². The van der Waals surface area contributed by atoms with Crippen molar-refractivity contribution >= 4 is 50.5 Å². The second kappa shape index (κ2) is 7.81. The van der Waals surface area contributed by atoms with Crippen LogP contribution in [0.25, 0.3) is 0 Å². The highest BCUT2D eigenvalue weighted by atomic mass is 79.9. The van der Waals surface area contributed by atoms with Crippen molar-refractivity contribution < 1.29 is 0 Å². The van der Waals surface area contributed by atoms with Crippen LogP contribution < -0.4 is 5.32 Å². The van der Waals surface area contributed by atoms with Gasteiger partial charge < -0.3 is 5.32 Å². The Morgan fingerprint density at radius 1 is 1.25 bits per heavy atom. The number of hydrogen-bond acceptors (Lipinski definition) is 2. The molecule has 0 amide bonds. The van der Waals surface area contributed by atoms with Crippen molar-refractivity contribution in [3.63, 3.8) is 0 Å². The molecule has 0 saturated heterocycles. The second-order valence-corrected chi connectivity index (χ2v) is 7.38. The Balaban J connectivity index is 2.08. The molecule has 20 heavy (non-hydrogen) atoms. The lowest BCUT2D eigenvalue weighted by Crippen LogP contribution is -2.32. The van der Waals surface area contributed by atoms with Gasteiger partial charge in [0.05, 0.1) is 0 Å². The lowest BCUT2D eigenvalue weighted by atomic mass is 10.0. The van der Waals surface area contributed by atoms with Crippen LogP contribution in [0.2, 0.25) is 10.0 Å². The van der Waals surface area contributed by atoms with Gasteiger partial charge in [0.25, 0.3) is 0 Å². The summed E-state index contributed by atoms with van der Waals surface area (Å²) in [5, 5.41) is 7.07. The van der Waals surface area contributed by atoms with Crippen molar-refractivity contribution in [3.8, 4) is 0 Å². The molecule has 1 heterocycles. The van der Waals surface area contributed by atoms with Gasteiger partial charge >= 0.3 is 0 Å². The first-order valence-electron chi connectivity index (χ1n) is 6.48. The molecule has 2 rings (SSSR count). The number of hydrogen-bond donors (Lipinski definition) is 1. The molecule has 0 radical (unpaired) electrons. The van der Waals surface area contributed by atoms with Crippen molar-refractivity contribution in [2.24, 2.45) is 0 Å². The fourth-order valence-electron chi connectivity index (χ4n) is 2.16. The quantitative estimate of drug-likeness (QED) is 0.676. The van der Waals surface area contributed by atoms with Gasteiger partial charge in [-0.3, -0.25) is 0 Å². The van der Waals surface area contributed by atoms with E-state index in [2.05, 4.69) is 39.6 Å². The number of likely N-dealkylation sites (N-methyl/N-ethyl adjacent to an activating group) is 1. The molecule has 1 aromatic carbocycles. The van der Waals surface area contributed by atoms with Gasteiger partial charge in [-0.1, -0.05) is 36.2 Å². The molecule has 1 unspecified atom stereocenters. The summed E-state index contributed by atoms with van der Waals surface area (Å²) in [5.41, 5.74) is 1.14. The maximum Gasteiger partial charge on any atom is 0.0453 e. The molecule has 0 aliphatic carbocycles. The minimum Gasteiger partial charge on any atom is -0.314 e. The van der Waals surface area contributed by atoms with E-state index in [1.54, 1.807) is 11.3 Å². The van der Waals surface area contributed by atoms with Gasteiger partial charge in [0.15, 0.2) is 0 Å². The van der Waals surface area contributed by atoms with E-state index in [0.29, 0.717) is 11.1 Å². The first kappa shape index (κ1) is 16.3. The summed E-state index contributed by atoms with van der Waals surface area (Å²) < 4.78 is 1.15. The molecule has 0 bridgehead atoms. The first-order valence-corrected chi connectivity index (χ1v) is 8.91. The Bertz CT molecular complexity index is 571. The first-order chi connectivity index (χ1) is 9.58. The van der Waals surface area contributed by atoms with Crippen LogP contribution in [0.3, 0.4) is 0 Å². The minimum absolute atomic E-state index is 0.379. The highest BCUT2D eigenvalue weighted by Gasteiger charge is 2.13. The monoisotopic (exact) mass is 391 g/mol. The Morgan fingerprint density at radius 3 is 2.65 bits per heavy atom. The molecule has 0 aliphatic rings. The van der Waals surface area contributed by atoms with Crippen molar-refractivity contribution in [1.82, 2.24) is 5.32 Å². The molecule has 2 aromatic rings. The summed E-state index contributed by atoms with van der Waals surface area (Å²) >= 11 is 17.5. The molecule has 1 nitrogen and oxygen atoms in total.